The average Bonchev–Trinajstić information content (AvgIpc) is 2.79. The lowest BCUT2D eigenvalue weighted by atomic mass is 9.99. The van der Waals surface area contributed by atoms with E-state index in [0.717, 1.165) is 25.9 Å². The Morgan fingerprint density at radius 3 is 2.75 bits per heavy atom. The molecule has 1 N–H and O–H groups in total. The van der Waals surface area contributed by atoms with Crippen molar-refractivity contribution in [3.8, 4) is 16.9 Å². The van der Waals surface area contributed by atoms with Gasteiger partial charge in [-0.15, -0.1) is 0 Å². The second-order valence-electron chi connectivity index (χ2n) is 8.31. The number of halogens is 2. The van der Waals surface area contributed by atoms with Gasteiger partial charge in [0, 0.05) is 55.5 Å². The molecule has 32 heavy (non-hydrogen) atoms. The highest BCUT2D eigenvalue weighted by atomic mass is 35.5. The molecular formula is C25H32ClFN2O3. The number of methoxy groups -OCH3 is 1. The molecule has 2 aromatic carbocycles. The van der Waals surface area contributed by atoms with Gasteiger partial charge in [0.1, 0.15) is 11.6 Å². The number of nitrogens with one attached hydrogen (secondary N) is 1. The predicted octanol–water partition coefficient (Wildman–Crippen LogP) is 5.16. The third-order valence-corrected chi connectivity index (χ3v) is 5.97. The van der Waals surface area contributed by atoms with Crippen LogP contribution < -0.4 is 10.1 Å². The molecule has 1 atom stereocenters. The Labute approximate surface area is 194 Å². The van der Waals surface area contributed by atoms with Gasteiger partial charge in [-0.05, 0) is 57.5 Å². The molecule has 3 rings (SSSR count). The van der Waals surface area contributed by atoms with E-state index in [1.165, 1.54) is 6.07 Å². The first-order valence-electron chi connectivity index (χ1n) is 11.2. The van der Waals surface area contributed by atoms with Crippen LogP contribution in [0.3, 0.4) is 0 Å². The summed E-state index contributed by atoms with van der Waals surface area (Å²) in [4.78, 5) is 15.5. The highest BCUT2D eigenvalue weighted by molar-refractivity contribution is 6.31. The highest BCUT2D eigenvalue weighted by Crippen LogP contribution is 2.35. The second-order valence-corrected chi connectivity index (χ2v) is 8.72. The number of carbonyl (C=O) groups is 1. The third-order valence-electron chi connectivity index (χ3n) is 5.68. The number of hydrogen-bond acceptors (Lipinski definition) is 4. The third kappa shape index (κ3) is 5.80. The Kier molecular flexibility index (Phi) is 8.91. The van der Waals surface area contributed by atoms with Gasteiger partial charge in [-0.25, -0.2) is 4.39 Å². The first kappa shape index (κ1) is 24.5. The minimum Gasteiger partial charge on any atom is -0.493 e. The molecule has 174 valence electrons. The number of carbonyl (C=O) groups excluding carboxylic acids is 1. The van der Waals surface area contributed by atoms with Crippen molar-refractivity contribution in [3.63, 3.8) is 0 Å². The summed E-state index contributed by atoms with van der Waals surface area (Å²) in [5, 5.41) is 3.43. The lowest BCUT2D eigenvalue weighted by Crippen LogP contribution is -2.51. The molecule has 0 spiro atoms. The van der Waals surface area contributed by atoms with Crippen LogP contribution in [-0.4, -0.2) is 56.3 Å². The molecule has 0 aromatic heterocycles. The standard InChI is InChI=1S/C25H32ClFN2O3/c1-17(2)29(19-7-5-12-28-16-19)25(30)18-10-11-20(21-8-4-9-22(26)24(21)27)23(15-18)32-14-6-13-31-3/h4,8-11,15,17,19,28H,5-7,12-14,16H2,1-3H3. The lowest BCUT2D eigenvalue weighted by Gasteiger charge is -2.37. The van der Waals surface area contributed by atoms with E-state index in [0.29, 0.717) is 42.1 Å². The summed E-state index contributed by atoms with van der Waals surface area (Å²) in [5.74, 6) is -0.0979. The molecule has 1 aliphatic heterocycles. The van der Waals surface area contributed by atoms with Crippen LogP contribution in [0.2, 0.25) is 5.02 Å². The largest absolute Gasteiger partial charge is 0.493 e. The van der Waals surface area contributed by atoms with Crippen molar-refractivity contribution in [2.45, 2.75) is 45.2 Å². The zero-order valence-corrected chi connectivity index (χ0v) is 19.8. The highest BCUT2D eigenvalue weighted by Gasteiger charge is 2.29. The summed E-state index contributed by atoms with van der Waals surface area (Å²) in [6, 6.07) is 10.3. The summed E-state index contributed by atoms with van der Waals surface area (Å²) < 4.78 is 25.8. The lowest BCUT2D eigenvalue weighted by molar-refractivity contribution is 0.0573. The van der Waals surface area contributed by atoms with E-state index < -0.39 is 5.82 Å². The fraction of sp³-hybridized carbons (Fsp3) is 0.480. The summed E-state index contributed by atoms with van der Waals surface area (Å²) in [5.41, 5.74) is 1.43. The zero-order chi connectivity index (χ0) is 23.1. The normalized spacial score (nSPS) is 16.2. The number of benzene rings is 2. The molecule has 0 radical (unpaired) electrons. The maximum absolute atomic E-state index is 14.8. The van der Waals surface area contributed by atoms with Gasteiger partial charge in [0.05, 0.1) is 11.6 Å². The Morgan fingerprint density at radius 1 is 1.25 bits per heavy atom. The van der Waals surface area contributed by atoms with Crippen molar-refractivity contribution in [1.29, 1.82) is 0 Å². The SMILES string of the molecule is COCCCOc1cc(C(=O)N(C(C)C)C2CCCNC2)ccc1-c1cccc(Cl)c1F. The number of piperidine rings is 1. The molecule has 1 heterocycles. The molecular weight excluding hydrogens is 431 g/mol. The van der Waals surface area contributed by atoms with Gasteiger partial charge in [0.2, 0.25) is 0 Å². The van der Waals surface area contributed by atoms with Crippen LogP contribution in [0.1, 0.15) is 43.5 Å². The van der Waals surface area contributed by atoms with E-state index in [1.54, 1.807) is 37.4 Å². The maximum atomic E-state index is 14.8. The Hall–Kier alpha value is -2.15. The molecule has 1 saturated heterocycles. The van der Waals surface area contributed by atoms with Crippen LogP contribution in [0.5, 0.6) is 5.75 Å². The van der Waals surface area contributed by atoms with Crippen LogP contribution >= 0.6 is 11.6 Å². The quantitative estimate of drug-likeness (QED) is 0.523. The molecule has 1 amide bonds. The Balaban J connectivity index is 1.95. The molecule has 7 heteroatoms. The zero-order valence-electron chi connectivity index (χ0n) is 19.0. The minimum atomic E-state index is -0.507. The maximum Gasteiger partial charge on any atom is 0.254 e. The summed E-state index contributed by atoms with van der Waals surface area (Å²) in [6.45, 7) is 6.78. The van der Waals surface area contributed by atoms with Crippen molar-refractivity contribution in [2.24, 2.45) is 0 Å². The van der Waals surface area contributed by atoms with Gasteiger partial charge in [-0.3, -0.25) is 4.79 Å². The number of ether oxygens (including phenoxy) is 2. The van der Waals surface area contributed by atoms with E-state index in [9.17, 15) is 9.18 Å². The van der Waals surface area contributed by atoms with Crippen molar-refractivity contribution < 1.29 is 18.7 Å². The number of rotatable bonds is 9. The van der Waals surface area contributed by atoms with Gasteiger partial charge in [-0.2, -0.15) is 0 Å². The summed E-state index contributed by atoms with van der Waals surface area (Å²) >= 11 is 6.01. The van der Waals surface area contributed by atoms with E-state index in [2.05, 4.69) is 5.32 Å². The van der Waals surface area contributed by atoms with Crippen molar-refractivity contribution in [3.05, 3.63) is 52.8 Å². The molecule has 0 aliphatic carbocycles. The van der Waals surface area contributed by atoms with Crippen LogP contribution in [0.25, 0.3) is 11.1 Å². The Bertz CT molecular complexity index is 916. The van der Waals surface area contributed by atoms with Gasteiger partial charge in [0.15, 0.2) is 0 Å². The van der Waals surface area contributed by atoms with Crippen molar-refractivity contribution in [2.75, 3.05) is 33.4 Å². The first-order chi connectivity index (χ1) is 15.4. The van der Waals surface area contributed by atoms with Crippen molar-refractivity contribution >= 4 is 17.5 Å². The molecule has 0 bridgehead atoms. The fourth-order valence-electron chi connectivity index (χ4n) is 4.14. The van der Waals surface area contributed by atoms with Gasteiger partial charge >= 0.3 is 0 Å². The van der Waals surface area contributed by atoms with E-state index >= 15 is 0 Å². The van der Waals surface area contributed by atoms with Gasteiger partial charge < -0.3 is 19.7 Å². The Morgan fingerprint density at radius 2 is 2.06 bits per heavy atom. The van der Waals surface area contributed by atoms with Gasteiger partial charge in [0.25, 0.3) is 5.91 Å². The number of nitrogens with zero attached hydrogens (tertiary/aromatic N) is 1. The smallest absolute Gasteiger partial charge is 0.254 e. The molecule has 1 unspecified atom stereocenters. The molecule has 1 aliphatic rings. The average molecular weight is 463 g/mol. The monoisotopic (exact) mass is 462 g/mol. The van der Waals surface area contributed by atoms with Crippen LogP contribution in [0.4, 0.5) is 4.39 Å². The van der Waals surface area contributed by atoms with Crippen molar-refractivity contribution in [1.82, 2.24) is 10.2 Å². The predicted molar refractivity (Wildman–Crippen MR) is 126 cm³/mol. The van der Waals surface area contributed by atoms with Crippen LogP contribution in [0, 0.1) is 5.82 Å². The molecule has 5 nitrogen and oxygen atoms in total. The topological polar surface area (TPSA) is 50.8 Å². The van der Waals surface area contributed by atoms with E-state index in [-0.39, 0.29) is 23.0 Å². The molecule has 2 aromatic rings. The fourth-order valence-corrected chi connectivity index (χ4v) is 4.31. The van der Waals surface area contributed by atoms with E-state index in [1.807, 2.05) is 18.7 Å². The second kappa shape index (κ2) is 11.6. The summed E-state index contributed by atoms with van der Waals surface area (Å²) in [6.07, 6.45) is 2.70. The van der Waals surface area contributed by atoms with Gasteiger partial charge in [-0.1, -0.05) is 23.7 Å². The first-order valence-corrected chi connectivity index (χ1v) is 11.6. The summed E-state index contributed by atoms with van der Waals surface area (Å²) in [7, 11) is 1.63. The minimum absolute atomic E-state index is 0.0452. The molecule has 0 saturated carbocycles. The number of amides is 1. The number of hydrogen-bond donors (Lipinski definition) is 1. The van der Waals surface area contributed by atoms with Crippen LogP contribution in [-0.2, 0) is 4.74 Å². The van der Waals surface area contributed by atoms with Crippen LogP contribution in [0.15, 0.2) is 36.4 Å². The molecule has 1 fully saturated rings. The van der Waals surface area contributed by atoms with E-state index in [4.69, 9.17) is 21.1 Å².